The van der Waals surface area contributed by atoms with Gasteiger partial charge in [-0.15, -0.1) is 0 Å². The second-order valence-corrected chi connectivity index (χ2v) is 4.18. The molecule has 1 heterocycles. The van der Waals surface area contributed by atoms with E-state index in [1.165, 1.54) is 0 Å². The highest BCUT2D eigenvalue weighted by molar-refractivity contribution is 5.59. The van der Waals surface area contributed by atoms with Crippen LogP contribution < -0.4 is 4.74 Å². The molecule has 1 aromatic carbocycles. The molecule has 0 saturated heterocycles. The molecule has 0 saturated carbocycles. The zero-order valence-corrected chi connectivity index (χ0v) is 10.3. The molecular formula is C14H16N2O. The van der Waals surface area contributed by atoms with Crippen LogP contribution in [0.3, 0.4) is 0 Å². The van der Waals surface area contributed by atoms with Gasteiger partial charge in [-0.1, -0.05) is 13.8 Å². The number of aromatic nitrogens is 2. The van der Waals surface area contributed by atoms with E-state index in [4.69, 9.17) is 4.74 Å². The van der Waals surface area contributed by atoms with E-state index in [2.05, 4.69) is 23.8 Å². The molecule has 2 rings (SSSR count). The number of hydrogen-bond donors (Lipinski definition) is 0. The Morgan fingerprint density at radius 3 is 2.35 bits per heavy atom. The highest BCUT2D eigenvalue weighted by Gasteiger charge is 2.05. The molecule has 0 unspecified atom stereocenters. The van der Waals surface area contributed by atoms with Crippen LogP contribution >= 0.6 is 0 Å². The van der Waals surface area contributed by atoms with Crippen LogP contribution in [0.25, 0.3) is 11.3 Å². The predicted molar refractivity (Wildman–Crippen MR) is 68.1 cm³/mol. The molecule has 0 fully saturated rings. The van der Waals surface area contributed by atoms with Crippen molar-refractivity contribution in [1.29, 1.82) is 0 Å². The van der Waals surface area contributed by atoms with Crippen molar-refractivity contribution in [2.75, 3.05) is 7.11 Å². The van der Waals surface area contributed by atoms with Gasteiger partial charge >= 0.3 is 0 Å². The first-order chi connectivity index (χ1) is 8.20. The fourth-order valence-electron chi connectivity index (χ4n) is 1.57. The van der Waals surface area contributed by atoms with Crippen LogP contribution in [0, 0.1) is 0 Å². The van der Waals surface area contributed by atoms with Gasteiger partial charge in [0.15, 0.2) is 0 Å². The summed E-state index contributed by atoms with van der Waals surface area (Å²) < 4.78 is 5.13. The zero-order valence-electron chi connectivity index (χ0n) is 10.3. The fourth-order valence-corrected chi connectivity index (χ4v) is 1.57. The normalized spacial score (nSPS) is 10.6. The quantitative estimate of drug-likeness (QED) is 0.808. The lowest BCUT2D eigenvalue weighted by Crippen LogP contribution is -1.97. The first-order valence-corrected chi connectivity index (χ1v) is 5.68. The number of ether oxygens (including phenoxy) is 1. The smallest absolute Gasteiger partial charge is 0.131 e. The Labute approximate surface area is 102 Å². The lowest BCUT2D eigenvalue weighted by Gasteiger charge is -2.06. The standard InChI is InChI=1S/C14H16N2O/c1-10(2)14-15-9-8-13(16-14)11-4-6-12(17-3)7-5-11/h4-10H,1-3H3. The molecule has 0 atom stereocenters. The van der Waals surface area contributed by atoms with Gasteiger partial charge in [-0.25, -0.2) is 9.97 Å². The van der Waals surface area contributed by atoms with E-state index < -0.39 is 0 Å². The van der Waals surface area contributed by atoms with Crippen LogP contribution in [0.4, 0.5) is 0 Å². The van der Waals surface area contributed by atoms with Crippen molar-refractivity contribution in [3.63, 3.8) is 0 Å². The van der Waals surface area contributed by atoms with Crippen molar-refractivity contribution < 1.29 is 4.74 Å². The average Bonchev–Trinajstić information content (AvgIpc) is 2.39. The van der Waals surface area contributed by atoms with Crippen LogP contribution in [-0.2, 0) is 0 Å². The highest BCUT2D eigenvalue weighted by atomic mass is 16.5. The van der Waals surface area contributed by atoms with E-state index >= 15 is 0 Å². The van der Waals surface area contributed by atoms with E-state index in [1.54, 1.807) is 7.11 Å². The molecule has 88 valence electrons. The number of benzene rings is 1. The molecule has 0 amide bonds. The third-order valence-electron chi connectivity index (χ3n) is 2.58. The molecule has 0 N–H and O–H groups in total. The third kappa shape index (κ3) is 2.61. The van der Waals surface area contributed by atoms with Crippen LogP contribution in [0.15, 0.2) is 36.5 Å². The lowest BCUT2D eigenvalue weighted by atomic mass is 10.1. The summed E-state index contributed by atoms with van der Waals surface area (Å²) in [7, 11) is 1.66. The maximum absolute atomic E-state index is 5.13. The fraction of sp³-hybridized carbons (Fsp3) is 0.286. The van der Waals surface area contributed by atoms with Gasteiger partial charge in [-0.2, -0.15) is 0 Å². The van der Waals surface area contributed by atoms with Gasteiger partial charge in [-0.3, -0.25) is 0 Å². The molecular weight excluding hydrogens is 212 g/mol. The monoisotopic (exact) mass is 228 g/mol. The summed E-state index contributed by atoms with van der Waals surface area (Å²) in [5.74, 6) is 2.07. The summed E-state index contributed by atoms with van der Waals surface area (Å²) in [5, 5.41) is 0. The maximum atomic E-state index is 5.13. The molecule has 0 aliphatic carbocycles. The molecule has 3 heteroatoms. The first-order valence-electron chi connectivity index (χ1n) is 5.68. The van der Waals surface area contributed by atoms with Crippen LogP contribution in [0.1, 0.15) is 25.6 Å². The van der Waals surface area contributed by atoms with Crippen LogP contribution in [0.2, 0.25) is 0 Å². The Morgan fingerprint density at radius 1 is 1.06 bits per heavy atom. The Kier molecular flexibility index (Phi) is 3.38. The third-order valence-corrected chi connectivity index (χ3v) is 2.58. The minimum atomic E-state index is 0.341. The van der Waals surface area contributed by atoms with Gasteiger partial charge in [0.05, 0.1) is 12.8 Å². The highest BCUT2D eigenvalue weighted by Crippen LogP contribution is 2.21. The van der Waals surface area contributed by atoms with Crippen molar-refractivity contribution in [2.24, 2.45) is 0 Å². The lowest BCUT2D eigenvalue weighted by molar-refractivity contribution is 0.415. The molecule has 1 aromatic heterocycles. The first kappa shape index (κ1) is 11.6. The SMILES string of the molecule is COc1ccc(-c2ccnc(C(C)C)n2)cc1. The van der Waals surface area contributed by atoms with E-state index in [0.717, 1.165) is 22.8 Å². The number of methoxy groups -OCH3 is 1. The molecule has 0 bridgehead atoms. The Hall–Kier alpha value is -1.90. The van der Waals surface area contributed by atoms with E-state index in [1.807, 2.05) is 36.5 Å². The van der Waals surface area contributed by atoms with Crippen molar-refractivity contribution in [3.8, 4) is 17.0 Å². The largest absolute Gasteiger partial charge is 0.497 e. The van der Waals surface area contributed by atoms with Crippen molar-refractivity contribution in [3.05, 3.63) is 42.4 Å². The average molecular weight is 228 g/mol. The van der Waals surface area contributed by atoms with Crippen LogP contribution in [0.5, 0.6) is 5.75 Å². The summed E-state index contributed by atoms with van der Waals surface area (Å²) in [6.45, 7) is 4.18. The van der Waals surface area contributed by atoms with Gasteiger partial charge in [0.2, 0.25) is 0 Å². The Balaban J connectivity index is 2.35. The summed E-state index contributed by atoms with van der Waals surface area (Å²) in [6.07, 6.45) is 1.81. The summed E-state index contributed by atoms with van der Waals surface area (Å²) >= 11 is 0. The summed E-state index contributed by atoms with van der Waals surface area (Å²) in [4.78, 5) is 8.81. The van der Waals surface area contributed by atoms with Crippen LogP contribution in [-0.4, -0.2) is 17.1 Å². The number of rotatable bonds is 3. The minimum Gasteiger partial charge on any atom is -0.497 e. The van der Waals surface area contributed by atoms with Gasteiger partial charge in [-0.05, 0) is 30.3 Å². The van der Waals surface area contributed by atoms with Crippen molar-refractivity contribution >= 4 is 0 Å². The maximum Gasteiger partial charge on any atom is 0.131 e. The molecule has 0 aliphatic rings. The topological polar surface area (TPSA) is 35.0 Å². The van der Waals surface area contributed by atoms with Gasteiger partial charge in [0, 0.05) is 17.7 Å². The summed E-state index contributed by atoms with van der Waals surface area (Å²) in [5.41, 5.74) is 2.03. The van der Waals surface area contributed by atoms with Gasteiger partial charge < -0.3 is 4.74 Å². The molecule has 0 aliphatic heterocycles. The molecule has 17 heavy (non-hydrogen) atoms. The number of nitrogens with zero attached hydrogens (tertiary/aromatic N) is 2. The molecule has 2 aromatic rings. The summed E-state index contributed by atoms with van der Waals surface area (Å²) in [6, 6.07) is 9.81. The Bertz CT molecular complexity index is 492. The van der Waals surface area contributed by atoms with E-state index in [-0.39, 0.29) is 0 Å². The van der Waals surface area contributed by atoms with Crippen molar-refractivity contribution in [2.45, 2.75) is 19.8 Å². The molecule has 3 nitrogen and oxygen atoms in total. The second kappa shape index (κ2) is 4.95. The zero-order chi connectivity index (χ0) is 12.3. The Morgan fingerprint density at radius 2 is 1.76 bits per heavy atom. The number of hydrogen-bond acceptors (Lipinski definition) is 3. The molecule has 0 spiro atoms. The van der Waals surface area contributed by atoms with Crippen molar-refractivity contribution in [1.82, 2.24) is 9.97 Å². The molecule has 0 radical (unpaired) electrons. The minimum absolute atomic E-state index is 0.341. The van der Waals surface area contributed by atoms with E-state index in [9.17, 15) is 0 Å². The second-order valence-electron chi connectivity index (χ2n) is 4.18. The van der Waals surface area contributed by atoms with E-state index in [0.29, 0.717) is 5.92 Å². The predicted octanol–water partition coefficient (Wildman–Crippen LogP) is 3.28. The van der Waals surface area contributed by atoms with Gasteiger partial charge in [0.25, 0.3) is 0 Å². The van der Waals surface area contributed by atoms with Gasteiger partial charge in [0.1, 0.15) is 11.6 Å².